The minimum Gasteiger partial charge on any atom is -0.371 e. The molecule has 0 aliphatic carbocycles. The highest BCUT2D eigenvalue weighted by Gasteiger charge is 2.26. The molecule has 212 valence electrons. The van der Waals surface area contributed by atoms with Gasteiger partial charge in [0.25, 0.3) is 0 Å². The first-order valence-corrected chi connectivity index (χ1v) is 15.3. The Bertz CT molecular complexity index is 1490. The Morgan fingerprint density at radius 2 is 1.75 bits per heavy atom. The van der Waals surface area contributed by atoms with Crippen LogP contribution in [0.3, 0.4) is 0 Å². The number of hydrogen-bond acceptors (Lipinski definition) is 6. The standard InChI is InChI=1S/C32H42FN7/c1-5-8-23-11-13-38(19-23)25-9-10-27-28(16-25)35-32(21(4)34-27)29-18-31-36-30(39-14-12-24(33)20-39)17-26(40(31)37-29)15-22(6-2)7-3/h9-10,16-18,22-24H,5-8,11-15,19-20H2,1-4H3/t23-,24-/m1/s1. The summed E-state index contributed by atoms with van der Waals surface area (Å²) in [5.74, 6) is 2.18. The molecule has 0 radical (unpaired) electrons. The second kappa shape index (κ2) is 11.3. The fourth-order valence-corrected chi connectivity index (χ4v) is 6.53. The highest BCUT2D eigenvalue weighted by Crippen LogP contribution is 2.31. The van der Waals surface area contributed by atoms with Crippen molar-refractivity contribution >= 4 is 28.2 Å². The first-order valence-electron chi connectivity index (χ1n) is 15.3. The lowest BCUT2D eigenvalue weighted by Crippen LogP contribution is -2.22. The van der Waals surface area contributed by atoms with Crippen LogP contribution < -0.4 is 9.80 Å². The second-order valence-electron chi connectivity index (χ2n) is 11.8. The minimum absolute atomic E-state index is 0.405. The van der Waals surface area contributed by atoms with Gasteiger partial charge in [0.15, 0.2) is 5.65 Å². The van der Waals surface area contributed by atoms with Gasteiger partial charge >= 0.3 is 0 Å². The van der Waals surface area contributed by atoms with E-state index in [0.717, 1.165) is 83.5 Å². The van der Waals surface area contributed by atoms with Crippen LogP contribution in [0.25, 0.3) is 28.1 Å². The summed E-state index contributed by atoms with van der Waals surface area (Å²) in [6.07, 6.45) is 6.68. The van der Waals surface area contributed by atoms with E-state index in [4.69, 9.17) is 20.1 Å². The Balaban J connectivity index is 1.39. The van der Waals surface area contributed by atoms with Crippen molar-refractivity contribution in [2.24, 2.45) is 11.8 Å². The van der Waals surface area contributed by atoms with E-state index in [0.29, 0.717) is 25.4 Å². The van der Waals surface area contributed by atoms with Gasteiger partial charge in [-0.3, -0.25) is 0 Å². The Hall–Kier alpha value is -3.29. The Morgan fingerprint density at radius 3 is 2.50 bits per heavy atom. The summed E-state index contributed by atoms with van der Waals surface area (Å²) >= 11 is 0. The van der Waals surface area contributed by atoms with E-state index in [1.807, 2.05) is 17.5 Å². The molecule has 0 amide bonds. The molecule has 2 aliphatic heterocycles. The van der Waals surface area contributed by atoms with Gasteiger partial charge in [-0.2, -0.15) is 5.10 Å². The number of benzene rings is 1. The molecule has 0 unspecified atom stereocenters. The zero-order chi connectivity index (χ0) is 27.8. The second-order valence-corrected chi connectivity index (χ2v) is 11.8. The fraction of sp³-hybridized carbons (Fsp3) is 0.562. The molecule has 7 nitrogen and oxygen atoms in total. The van der Waals surface area contributed by atoms with Gasteiger partial charge in [-0.15, -0.1) is 0 Å². The van der Waals surface area contributed by atoms with Crippen LogP contribution >= 0.6 is 0 Å². The van der Waals surface area contributed by atoms with E-state index in [1.54, 1.807) is 0 Å². The molecule has 1 aromatic carbocycles. The van der Waals surface area contributed by atoms with E-state index in [2.05, 4.69) is 54.8 Å². The van der Waals surface area contributed by atoms with Gasteiger partial charge in [-0.05, 0) is 62.6 Å². The van der Waals surface area contributed by atoms with Crippen LogP contribution in [0.15, 0.2) is 30.3 Å². The van der Waals surface area contributed by atoms with Crippen molar-refractivity contribution in [3.05, 3.63) is 41.7 Å². The predicted octanol–water partition coefficient (Wildman–Crippen LogP) is 6.80. The third-order valence-electron chi connectivity index (χ3n) is 9.01. The van der Waals surface area contributed by atoms with Gasteiger partial charge in [-0.1, -0.05) is 40.0 Å². The van der Waals surface area contributed by atoms with Crippen molar-refractivity contribution in [3.63, 3.8) is 0 Å². The summed E-state index contributed by atoms with van der Waals surface area (Å²) in [7, 11) is 0. The molecular formula is C32H42FN7. The predicted molar refractivity (Wildman–Crippen MR) is 161 cm³/mol. The van der Waals surface area contributed by atoms with Gasteiger partial charge in [0.2, 0.25) is 0 Å². The van der Waals surface area contributed by atoms with Gasteiger partial charge in [-0.25, -0.2) is 23.9 Å². The van der Waals surface area contributed by atoms with Crippen LogP contribution in [0, 0.1) is 18.8 Å². The Kier molecular flexibility index (Phi) is 7.60. The van der Waals surface area contributed by atoms with Crippen LogP contribution in [0.5, 0.6) is 0 Å². The average Bonchev–Trinajstić information content (AvgIpc) is 3.71. The maximum atomic E-state index is 14.1. The maximum absolute atomic E-state index is 14.1. The van der Waals surface area contributed by atoms with E-state index >= 15 is 0 Å². The third-order valence-corrected chi connectivity index (χ3v) is 9.01. The molecule has 2 saturated heterocycles. The topological polar surface area (TPSA) is 62.5 Å². The number of alkyl halides is 1. The van der Waals surface area contributed by atoms with Gasteiger partial charge in [0.05, 0.1) is 23.3 Å². The van der Waals surface area contributed by atoms with Gasteiger partial charge in [0.1, 0.15) is 23.4 Å². The quantitative estimate of drug-likeness (QED) is 0.231. The minimum atomic E-state index is -0.792. The Morgan fingerprint density at radius 1 is 0.925 bits per heavy atom. The number of halogens is 1. The number of hydrogen-bond donors (Lipinski definition) is 0. The number of fused-ring (bicyclic) bond motifs is 2. The lowest BCUT2D eigenvalue weighted by molar-refractivity contribution is 0.364. The Labute approximate surface area is 236 Å². The first kappa shape index (κ1) is 26.9. The number of nitrogens with zero attached hydrogens (tertiary/aromatic N) is 7. The molecule has 3 aromatic heterocycles. The number of rotatable bonds is 9. The third kappa shape index (κ3) is 5.25. The molecule has 2 aliphatic rings. The van der Waals surface area contributed by atoms with Crippen LogP contribution in [-0.2, 0) is 6.42 Å². The smallest absolute Gasteiger partial charge is 0.158 e. The van der Waals surface area contributed by atoms with E-state index in [-0.39, 0.29) is 0 Å². The van der Waals surface area contributed by atoms with Gasteiger partial charge in [0, 0.05) is 43.1 Å². The van der Waals surface area contributed by atoms with Crippen molar-refractivity contribution in [1.29, 1.82) is 0 Å². The monoisotopic (exact) mass is 543 g/mol. The van der Waals surface area contributed by atoms with E-state index in [1.165, 1.54) is 24.9 Å². The summed E-state index contributed by atoms with van der Waals surface area (Å²) in [6, 6.07) is 10.6. The molecule has 5 heterocycles. The summed E-state index contributed by atoms with van der Waals surface area (Å²) in [6.45, 7) is 12.1. The van der Waals surface area contributed by atoms with Crippen LogP contribution in [0.4, 0.5) is 15.9 Å². The average molecular weight is 544 g/mol. The zero-order valence-electron chi connectivity index (χ0n) is 24.4. The van der Waals surface area contributed by atoms with Crippen LogP contribution in [0.2, 0.25) is 0 Å². The van der Waals surface area contributed by atoms with Crippen molar-refractivity contribution in [1.82, 2.24) is 24.6 Å². The fourth-order valence-electron chi connectivity index (χ4n) is 6.53. The summed E-state index contributed by atoms with van der Waals surface area (Å²) in [4.78, 5) is 19.5. The highest BCUT2D eigenvalue weighted by molar-refractivity contribution is 5.82. The molecule has 2 atom stereocenters. The molecule has 0 spiro atoms. The van der Waals surface area contributed by atoms with E-state index < -0.39 is 6.17 Å². The molecule has 6 rings (SSSR count). The van der Waals surface area contributed by atoms with Crippen molar-refractivity contribution in [2.45, 2.75) is 78.8 Å². The molecular weight excluding hydrogens is 501 g/mol. The van der Waals surface area contributed by atoms with Crippen molar-refractivity contribution < 1.29 is 4.39 Å². The van der Waals surface area contributed by atoms with Crippen molar-refractivity contribution in [2.75, 3.05) is 36.0 Å². The molecule has 0 bridgehead atoms. The normalized spacial score (nSPS) is 19.6. The van der Waals surface area contributed by atoms with Gasteiger partial charge < -0.3 is 9.80 Å². The van der Waals surface area contributed by atoms with Crippen LogP contribution in [-0.4, -0.2) is 56.9 Å². The van der Waals surface area contributed by atoms with E-state index in [9.17, 15) is 4.39 Å². The highest BCUT2D eigenvalue weighted by atomic mass is 19.1. The largest absolute Gasteiger partial charge is 0.371 e. The molecule has 0 N–H and O–H groups in total. The summed E-state index contributed by atoms with van der Waals surface area (Å²) in [5, 5.41) is 5.03. The molecule has 2 fully saturated rings. The first-order chi connectivity index (χ1) is 19.4. The number of aromatic nitrogens is 5. The molecule has 4 aromatic rings. The van der Waals surface area contributed by atoms with Crippen molar-refractivity contribution in [3.8, 4) is 11.4 Å². The lowest BCUT2D eigenvalue weighted by Gasteiger charge is -2.19. The number of anilines is 2. The number of aryl methyl sites for hydroxylation is 1. The summed E-state index contributed by atoms with van der Waals surface area (Å²) < 4.78 is 16.0. The molecule has 0 saturated carbocycles. The van der Waals surface area contributed by atoms with Crippen LogP contribution in [0.1, 0.15) is 70.7 Å². The maximum Gasteiger partial charge on any atom is 0.158 e. The lowest BCUT2D eigenvalue weighted by atomic mass is 9.97. The summed E-state index contributed by atoms with van der Waals surface area (Å²) in [5.41, 5.74) is 7.35. The molecule has 8 heteroatoms. The molecule has 40 heavy (non-hydrogen) atoms. The zero-order valence-corrected chi connectivity index (χ0v) is 24.4. The SMILES string of the molecule is CCC[C@@H]1CCN(c2ccc3nc(C)c(-c4cc5nc(N6CC[C@@H](F)C6)cc(CC(CC)CC)n5n4)nc3c2)C1.